The number of hydrogen-bond donors (Lipinski definition) is 0. The number of aryl methyl sites for hydroxylation is 1. The zero-order chi connectivity index (χ0) is 52.7. The van der Waals surface area contributed by atoms with E-state index < -0.39 is 0 Å². The summed E-state index contributed by atoms with van der Waals surface area (Å²) in [6.07, 6.45) is 3.62. The van der Waals surface area contributed by atoms with Crippen molar-refractivity contribution in [1.29, 1.82) is 0 Å². The molecule has 0 amide bonds. The van der Waals surface area contributed by atoms with Crippen LogP contribution in [0, 0.1) is 6.92 Å². The summed E-state index contributed by atoms with van der Waals surface area (Å²) >= 11 is 0. The van der Waals surface area contributed by atoms with E-state index in [-0.39, 0.29) is 98.4 Å². The van der Waals surface area contributed by atoms with Gasteiger partial charge in [0.25, 0.3) is 0 Å². The van der Waals surface area contributed by atoms with E-state index in [4.69, 9.17) is 0 Å². The van der Waals surface area contributed by atoms with Crippen LogP contribution in [0.15, 0.2) is 255 Å². The van der Waals surface area contributed by atoms with Gasteiger partial charge in [0.1, 0.15) is 5.52 Å². The van der Waals surface area contributed by atoms with Gasteiger partial charge in [-0.15, -0.1) is 0 Å². The molecule has 0 saturated carbocycles. The molecule has 5 heterocycles. The van der Waals surface area contributed by atoms with E-state index in [1.165, 1.54) is 5.39 Å². The number of rotatable bonds is 4. The zero-order valence-electron chi connectivity index (χ0n) is 45.8. The Bertz CT molecular complexity index is 4450. The van der Waals surface area contributed by atoms with Gasteiger partial charge in [0, 0.05) is 86.4 Å². The third-order valence-corrected chi connectivity index (χ3v) is 13.5. The molecule has 4 N–H and O–H groups in total. The van der Waals surface area contributed by atoms with E-state index in [0.29, 0.717) is 16.7 Å². The Kier molecular flexibility index (Phi) is 20.8. The van der Waals surface area contributed by atoms with Crippen LogP contribution < -0.4 is 116 Å². The monoisotopic (exact) mass is 1030 g/mol. The third kappa shape index (κ3) is 13.2. The second-order valence-corrected chi connectivity index (χ2v) is 18.4. The molecule has 14 aromatic rings. The van der Waals surface area contributed by atoms with Gasteiger partial charge in [-0.3, -0.25) is 0 Å². The molecule has 0 radical (unpaired) electrons. The average molecular weight is 1030 g/mol. The van der Waals surface area contributed by atoms with Crippen molar-refractivity contribution < 1.29 is 116 Å². The summed E-state index contributed by atoms with van der Waals surface area (Å²) in [4.78, 5) is 17.7. The van der Waals surface area contributed by atoms with Gasteiger partial charge >= 0.3 is 75.4 Å². The molecule has 0 atom stereocenters. The largest absolute Gasteiger partial charge is 1.00 e. The number of aromatic amines is 4. The first-order chi connectivity index (χ1) is 37.8. The van der Waals surface area contributed by atoms with Gasteiger partial charge in [0.05, 0.1) is 10.8 Å². The van der Waals surface area contributed by atoms with E-state index in [0.717, 1.165) is 93.7 Å². The van der Waals surface area contributed by atoms with Crippen molar-refractivity contribution in [3.05, 3.63) is 261 Å². The molecule has 81 heavy (non-hydrogen) atoms. The zero-order valence-corrected chi connectivity index (χ0v) is 45.8. The Balaban J connectivity index is 0.000000154. The summed E-state index contributed by atoms with van der Waals surface area (Å²) in [5.41, 5.74) is 11.0. The van der Waals surface area contributed by atoms with Crippen LogP contribution in [-0.2, 0) is 0 Å². The van der Waals surface area contributed by atoms with Gasteiger partial charge in [-0.1, -0.05) is 168 Å². The van der Waals surface area contributed by atoms with Crippen LogP contribution in [0.5, 0.6) is 23.0 Å². The molecule has 9 aromatic carbocycles. The van der Waals surface area contributed by atoms with Crippen LogP contribution in [0.25, 0.3) is 110 Å². The van der Waals surface area contributed by atoms with E-state index in [1.807, 2.05) is 189 Å². The minimum Gasteiger partial charge on any atom is -0.872 e. The van der Waals surface area contributed by atoms with Gasteiger partial charge in [0.2, 0.25) is 39.3 Å². The molecule has 0 fully saturated rings. The number of para-hydroxylation sites is 5. The Morgan fingerprint density at radius 3 is 1.51 bits per heavy atom. The Morgan fingerprint density at radius 2 is 0.852 bits per heavy atom. The standard InChI is InChI=1S/C19H13NO.C18H12N2O.C16H13NO.C15H11NO.4Li/c21-18-12-6-4-10-16(18)19-15-9-2-1-7-13(15)14-8-3-5-11-17(14)20-19;21-16-6-2-1-5-14(16)15-10-9-13-8-7-12-4-3-11-19-17(12)18(13)20-15;1-11-10-12-6-2-3-7-13(12)15(16(11)18)14-8-4-5-9-17-14;17-15-8-4-2-6-12(15)14-10-9-11-5-1-3-7-13(11)16-14;;;;/h1-12,21H;1-11,21H;2-10,18H,1H3;1-10,17H;;;;/q;;;;4*+1. The Hall–Kier alpha value is -8.12. The SMILES string of the molecule is Cc1cc2ccccc2c(-c2cccc[nH+]2)c1[O-].[Li+].[Li+].[Li+].[Li+].[O-]c1ccccc1-c1[nH+]c2ccccc2c2ccccc12.[O-]c1ccccc1-c1ccc2ccc3cccnc3c2[nH+]1.[O-]c1ccccc1-c1ccc2ccccc2[nH+]1. The van der Waals surface area contributed by atoms with E-state index in [9.17, 15) is 20.4 Å². The van der Waals surface area contributed by atoms with Gasteiger partial charge in [-0.05, 0) is 84.4 Å². The normalized spacial score (nSPS) is 10.3. The number of nitrogens with one attached hydrogen (secondary N) is 4. The minimum atomic E-state index is 0. The maximum Gasteiger partial charge on any atom is 1.00 e. The topological polar surface area (TPSA) is 162 Å². The first-order valence-electron chi connectivity index (χ1n) is 25.2. The molecule has 0 unspecified atom stereocenters. The van der Waals surface area contributed by atoms with Crippen molar-refractivity contribution in [1.82, 2.24) is 4.98 Å². The summed E-state index contributed by atoms with van der Waals surface area (Å²) in [6, 6.07) is 77.3. The molecule has 0 aliphatic rings. The molecular formula is C68H49Li4N5O4+4. The predicted octanol–water partition coefficient (Wildman–Crippen LogP) is -0.396. The van der Waals surface area contributed by atoms with Crippen molar-refractivity contribution in [3.63, 3.8) is 0 Å². The van der Waals surface area contributed by atoms with Crippen molar-refractivity contribution >= 4 is 65.2 Å². The molecule has 5 aromatic heterocycles. The molecule has 14 rings (SSSR count). The van der Waals surface area contributed by atoms with Gasteiger partial charge in [0.15, 0.2) is 6.20 Å². The fourth-order valence-corrected chi connectivity index (χ4v) is 9.72. The van der Waals surface area contributed by atoms with Crippen LogP contribution >= 0.6 is 0 Å². The first-order valence-corrected chi connectivity index (χ1v) is 25.2. The van der Waals surface area contributed by atoms with E-state index >= 15 is 0 Å². The van der Waals surface area contributed by atoms with Crippen molar-refractivity contribution in [2.24, 2.45) is 0 Å². The summed E-state index contributed by atoms with van der Waals surface area (Å²) < 4.78 is 0. The number of nitrogens with zero attached hydrogens (tertiary/aromatic N) is 1. The number of H-pyrrole nitrogens is 4. The third-order valence-electron chi connectivity index (χ3n) is 13.5. The molecule has 0 aliphatic carbocycles. The molecular weight excluding hydrogens is 979 g/mol. The molecule has 0 aliphatic heterocycles. The number of pyridine rings is 5. The van der Waals surface area contributed by atoms with E-state index in [2.05, 4.69) is 55.3 Å². The van der Waals surface area contributed by atoms with Crippen molar-refractivity contribution in [2.75, 3.05) is 0 Å². The molecule has 9 nitrogen and oxygen atoms in total. The number of aromatic nitrogens is 5. The number of fused-ring (bicyclic) bond motifs is 8. The molecule has 0 saturated heterocycles. The minimum absolute atomic E-state index is 0. The van der Waals surface area contributed by atoms with Crippen LogP contribution in [-0.4, -0.2) is 4.98 Å². The van der Waals surface area contributed by atoms with Crippen LogP contribution in [0.1, 0.15) is 5.56 Å². The van der Waals surface area contributed by atoms with Gasteiger partial charge < -0.3 is 20.4 Å². The molecule has 370 valence electrons. The Labute approximate surface area is 517 Å². The second-order valence-electron chi connectivity index (χ2n) is 18.4. The quantitative estimate of drug-likeness (QED) is 0.173. The van der Waals surface area contributed by atoms with Gasteiger partial charge in [-0.2, -0.15) is 0 Å². The van der Waals surface area contributed by atoms with Crippen LogP contribution in [0.3, 0.4) is 0 Å². The summed E-state index contributed by atoms with van der Waals surface area (Å²) in [5, 5.41) is 57.0. The van der Waals surface area contributed by atoms with Crippen LogP contribution in [0.4, 0.5) is 0 Å². The fourth-order valence-electron chi connectivity index (χ4n) is 9.72. The first kappa shape index (κ1) is 60.5. The number of hydrogen-bond acceptors (Lipinski definition) is 5. The van der Waals surface area contributed by atoms with Crippen LogP contribution in [0.2, 0.25) is 0 Å². The van der Waals surface area contributed by atoms with Crippen molar-refractivity contribution in [3.8, 4) is 68.0 Å². The molecule has 0 spiro atoms. The van der Waals surface area contributed by atoms with Gasteiger partial charge in [-0.25, -0.2) is 24.9 Å². The van der Waals surface area contributed by atoms with E-state index in [1.54, 1.807) is 42.6 Å². The average Bonchev–Trinajstić information content (AvgIpc) is 3.68. The Morgan fingerprint density at radius 1 is 0.358 bits per heavy atom. The fraction of sp³-hybridized carbons (Fsp3) is 0.0147. The predicted molar refractivity (Wildman–Crippen MR) is 299 cm³/mol. The van der Waals surface area contributed by atoms with Crippen molar-refractivity contribution in [2.45, 2.75) is 6.92 Å². The number of benzene rings is 9. The summed E-state index contributed by atoms with van der Waals surface area (Å²) in [7, 11) is 0. The maximum absolute atomic E-state index is 12.4. The summed E-state index contributed by atoms with van der Waals surface area (Å²) in [5.74, 6) is 0.186. The molecule has 13 heteroatoms. The second kappa shape index (κ2) is 27.8. The molecule has 0 bridgehead atoms. The summed E-state index contributed by atoms with van der Waals surface area (Å²) in [6.45, 7) is 1.86. The smallest absolute Gasteiger partial charge is 0.872 e. The maximum atomic E-state index is 12.4.